The standard InChI is InChI=1S/C14H24N4O2/c1-12(9-18-7-3-5-16-18)8-15-14(20)17-6-2-4-13(10-17)11-19/h3,5,7,12-13,19H,2,4,6,8-11H2,1H3,(H,15,20). The van der Waals surface area contributed by atoms with Crippen molar-refractivity contribution in [3.8, 4) is 0 Å². The molecule has 1 fully saturated rings. The Morgan fingerprint density at radius 1 is 1.60 bits per heavy atom. The summed E-state index contributed by atoms with van der Waals surface area (Å²) in [6, 6.07) is 1.88. The van der Waals surface area contributed by atoms with Crippen molar-refractivity contribution in [2.45, 2.75) is 26.3 Å². The highest BCUT2D eigenvalue weighted by molar-refractivity contribution is 5.74. The number of carbonyl (C=O) groups excluding carboxylic acids is 1. The van der Waals surface area contributed by atoms with Crippen molar-refractivity contribution in [3.63, 3.8) is 0 Å². The number of rotatable bonds is 5. The number of hydrogen-bond donors (Lipinski definition) is 2. The second-order valence-corrected chi connectivity index (χ2v) is 5.66. The van der Waals surface area contributed by atoms with Crippen LogP contribution in [0.2, 0.25) is 0 Å². The van der Waals surface area contributed by atoms with Gasteiger partial charge in [0.15, 0.2) is 0 Å². The molecule has 0 radical (unpaired) electrons. The zero-order chi connectivity index (χ0) is 14.4. The minimum atomic E-state index is -0.0181. The van der Waals surface area contributed by atoms with Crippen molar-refractivity contribution < 1.29 is 9.90 Å². The highest BCUT2D eigenvalue weighted by Gasteiger charge is 2.23. The van der Waals surface area contributed by atoms with Crippen LogP contribution in [0.1, 0.15) is 19.8 Å². The Morgan fingerprint density at radius 2 is 2.45 bits per heavy atom. The fourth-order valence-corrected chi connectivity index (χ4v) is 2.56. The molecular formula is C14H24N4O2. The highest BCUT2D eigenvalue weighted by Crippen LogP contribution is 2.15. The van der Waals surface area contributed by atoms with Crippen LogP contribution in [0.25, 0.3) is 0 Å². The number of nitrogens with zero attached hydrogens (tertiary/aromatic N) is 3. The van der Waals surface area contributed by atoms with Crippen LogP contribution >= 0.6 is 0 Å². The summed E-state index contributed by atoms with van der Waals surface area (Å²) in [5, 5.41) is 16.3. The van der Waals surface area contributed by atoms with E-state index in [4.69, 9.17) is 0 Å². The fraction of sp³-hybridized carbons (Fsp3) is 0.714. The van der Waals surface area contributed by atoms with Crippen molar-refractivity contribution in [1.29, 1.82) is 0 Å². The summed E-state index contributed by atoms with van der Waals surface area (Å²) in [6.07, 6.45) is 5.67. The number of piperidine rings is 1. The van der Waals surface area contributed by atoms with E-state index >= 15 is 0 Å². The van der Waals surface area contributed by atoms with Gasteiger partial charge in [0, 0.05) is 45.2 Å². The van der Waals surface area contributed by atoms with E-state index in [2.05, 4.69) is 17.3 Å². The minimum absolute atomic E-state index is 0.0181. The number of amides is 2. The number of carbonyl (C=O) groups is 1. The molecule has 0 aliphatic carbocycles. The van der Waals surface area contributed by atoms with Crippen LogP contribution in [0.15, 0.2) is 18.5 Å². The maximum Gasteiger partial charge on any atom is 0.317 e. The lowest BCUT2D eigenvalue weighted by Crippen LogP contribution is -2.47. The Bertz CT molecular complexity index is 407. The van der Waals surface area contributed by atoms with E-state index in [1.54, 1.807) is 6.20 Å². The molecule has 2 N–H and O–H groups in total. The average Bonchev–Trinajstić information content (AvgIpc) is 2.97. The van der Waals surface area contributed by atoms with Crippen LogP contribution in [0, 0.1) is 11.8 Å². The van der Waals surface area contributed by atoms with Gasteiger partial charge in [0.1, 0.15) is 0 Å². The van der Waals surface area contributed by atoms with Gasteiger partial charge < -0.3 is 15.3 Å². The van der Waals surface area contributed by atoms with Crippen LogP contribution in [-0.4, -0.2) is 52.1 Å². The molecule has 1 aromatic heterocycles. The molecule has 6 nitrogen and oxygen atoms in total. The van der Waals surface area contributed by atoms with Gasteiger partial charge in [0.25, 0.3) is 0 Å². The third-order valence-electron chi connectivity index (χ3n) is 3.72. The Labute approximate surface area is 119 Å². The van der Waals surface area contributed by atoms with Crippen LogP contribution in [-0.2, 0) is 6.54 Å². The summed E-state index contributed by atoms with van der Waals surface area (Å²) in [5.74, 6) is 0.563. The van der Waals surface area contributed by atoms with Gasteiger partial charge in [0.05, 0.1) is 0 Å². The lowest BCUT2D eigenvalue weighted by Gasteiger charge is -2.32. The third kappa shape index (κ3) is 4.23. The number of likely N-dealkylation sites (tertiary alicyclic amines) is 1. The summed E-state index contributed by atoms with van der Waals surface area (Å²) in [4.78, 5) is 13.9. The van der Waals surface area contributed by atoms with E-state index in [9.17, 15) is 9.90 Å². The number of aliphatic hydroxyl groups excluding tert-OH is 1. The first-order chi connectivity index (χ1) is 9.69. The Hall–Kier alpha value is -1.56. The predicted octanol–water partition coefficient (Wildman–Crippen LogP) is 0.933. The number of hydrogen-bond acceptors (Lipinski definition) is 3. The summed E-state index contributed by atoms with van der Waals surface area (Å²) in [6.45, 7) is 5.14. The SMILES string of the molecule is CC(CNC(=O)N1CCCC(CO)C1)Cn1cccn1. The van der Waals surface area contributed by atoms with Gasteiger partial charge in [-0.25, -0.2) is 4.79 Å². The van der Waals surface area contributed by atoms with Crippen molar-refractivity contribution >= 4 is 6.03 Å². The first-order valence-electron chi connectivity index (χ1n) is 7.30. The van der Waals surface area contributed by atoms with Crippen molar-refractivity contribution in [1.82, 2.24) is 20.0 Å². The molecule has 20 heavy (non-hydrogen) atoms. The lowest BCUT2D eigenvalue weighted by molar-refractivity contribution is 0.129. The van der Waals surface area contributed by atoms with Gasteiger partial charge in [-0.1, -0.05) is 6.92 Å². The molecule has 6 heteroatoms. The first-order valence-corrected chi connectivity index (χ1v) is 7.30. The molecular weight excluding hydrogens is 256 g/mol. The predicted molar refractivity (Wildman–Crippen MR) is 76.2 cm³/mol. The molecule has 1 saturated heterocycles. The topological polar surface area (TPSA) is 70.4 Å². The molecule has 2 atom stereocenters. The Kier molecular flexibility index (Phi) is 5.40. The van der Waals surface area contributed by atoms with Crippen molar-refractivity contribution in [2.24, 2.45) is 11.8 Å². The normalized spacial score (nSPS) is 20.7. The zero-order valence-electron chi connectivity index (χ0n) is 12.0. The number of urea groups is 1. The van der Waals surface area contributed by atoms with Crippen LogP contribution < -0.4 is 5.32 Å². The van der Waals surface area contributed by atoms with Crippen molar-refractivity contribution in [3.05, 3.63) is 18.5 Å². The molecule has 0 aromatic carbocycles. The quantitative estimate of drug-likeness (QED) is 0.843. The monoisotopic (exact) mass is 280 g/mol. The zero-order valence-corrected chi connectivity index (χ0v) is 12.0. The molecule has 2 unspecified atom stereocenters. The van der Waals surface area contributed by atoms with Gasteiger partial charge in [-0.3, -0.25) is 4.68 Å². The lowest BCUT2D eigenvalue weighted by atomic mass is 9.99. The largest absolute Gasteiger partial charge is 0.396 e. The van der Waals surface area contributed by atoms with E-state index < -0.39 is 0 Å². The molecule has 0 spiro atoms. The maximum absolute atomic E-state index is 12.1. The average molecular weight is 280 g/mol. The van der Waals surface area contributed by atoms with E-state index in [0.29, 0.717) is 19.0 Å². The van der Waals surface area contributed by atoms with Gasteiger partial charge >= 0.3 is 6.03 Å². The van der Waals surface area contributed by atoms with Gasteiger partial charge in [0.2, 0.25) is 0 Å². The summed E-state index contributed by atoms with van der Waals surface area (Å²) >= 11 is 0. The third-order valence-corrected chi connectivity index (χ3v) is 3.72. The molecule has 112 valence electrons. The summed E-state index contributed by atoms with van der Waals surface area (Å²) < 4.78 is 1.87. The van der Waals surface area contributed by atoms with E-state index in [0.717, 1.165) is 25.9 Å². The Balaban J connectivity index is 1.71. The van der Waals surface area contributed by atoms with Crippen LogP contribution in [0.3, 0.4) is 0 Å². The maximum atomic E-state index is 12.1. The van der Waals surface area contributed by atoms with E-state index in [1.807, 2.05) is 21.8 Å². The summed E-state index contributed by atoms with van der Waals surface area (Å²) in [7, 11) is 0. The second kappa shape index (κ2) is 7.28. The van der Waals surface area contributed by atoms with E-state index in [1.165, 1.54) is 0 Å². The van der Waals surface area contributed by atoms with Gasteiger partial charge in [-0.2, -0.15) is 5.10 Å². The number of aliphatic hydroxyl groups is 1. The van der Waals surface area contributed by atoms with E-state index in [-0.39, 0.29) is 18.6 Å². The molecule has 1 aliphatic heterocycles. The van der Waals surface area contributed by atoms with Crippen LogP contribution in [0.4, 0.5) is 4.79 Å². The van der Waals surface area contributed by atoms with Gasteiger partial charge in [-0.15, -0.1) is 0 Å². The van der Waals surface area contributed by atoms with Crippen LogP contribution in [0.5, 0.6) is 0 Å². The molecule has 2 heterocycles. The Morgan fingerprint density at radius 3 is 3.15 bits per heavy atom. The smallest absolute Gasteiger partial charge is 0.317 e. The van der Waals surface area contributed by atoms with Crippen molar-refractivity contribution in [2.75, 3.05) is 26.2 Å². The minimum Gasteiger partial charge on any atom is -0.396 e. The first kappa shape index (κ1) is 14.8. The summed E-state index contributed by atoms with van der Waals surface area (Å²) in [5.41, 5.74) is 0. The molecule has 0 bridgehead atoms. The van der Waals surface area contributed by atoms with Gasteiger partial charge in [-0.05, 0) is 30.7 Å². The molecule has 1 aromatic rings. The molecule has 1 aliphatic rings. The fourth-order valence-electron chi connectivity index (χ4n) is 2.56. The highest BCUT2D eigenvalue weighted by atomic mass is 16.3. The molecule has 2 amide bonds. The molecule has 2 rings (SSSR count). The molecule has 0 saturated carbocycles. The second-order valence-electron chi connectivity index (χ2n) is 5.66. The number of nitrogens with one attached hydrogen (secondary N) is 1. The number of aromatic nitrogens is 2.